The molecule has 0 aromatic heterocycles. The molecule has 1 aromatic carbocycles. The zero-order valence-corrected chi connectivity index (χ0v) is 13.3. The van der Waals surface area contributed by atoms with Gasteiger partial charge in [-0.25, -0.2) is 0 Å². The predicted octanol–water partition coefficient (Wildman–Crippen LogP) is 1.30. The highest BCUT2D eigenvalue weighted by molar-refractivity contribution is 9.10. The van der Waals surface area contributed by atoms with Crippen LogP contribution in [0.25, 0.3) is 0 Å². The van der Waals surface area contributed by atoms with Gasteiger partial charge in [0.1, 0.15) is 0 Å². The lowest BCUT2D eigenvalue weighted by atomic mass is 10.1. The van der Waals surface area contributed by atoms with E-state index in [1.54, 1.807) is 14.0 Å². The average molecular weight is 345 g/mol. The van der Waals surface area contributed by atoms with Crippen molar-refractivity contribution in [2.75, 3.05) is 26.8 Å². The van der Waals surface area contributed by atoms with E-state index in [1.165, 1.54) is 0 Å². The van der Waals surface area contributed by atoms with Gasteiger partial charge in [0.2, 0.25) is 5.91 Å². The van der Waals surface area contributed by atoms with Crippen LogP contribution in [0.4, 0.5) is 0 Å². The van der Waals surface area contributed by atoms with Crippen LogP contribution in [-0.4, -0.2) is 48.8 Å². The van der Waals surface area contributed by atoms with Crippen LogP contribution in [0.15, 0.2) is 28.7 Å². The molecular formula is C14H21BrN2O3. The van der Waals surface area contributed by atoms with Crippen LogP contribution in [0.2, 0.25) is 0 Å². The second-order valence-corrected chi connectivity index (χ2v) is 5.55. The van der Waals surface area contributed by atoms with Crippen LogP contribution in [0.3, 0.4) is 0 Å². The Kier molecular flexibility index (Phi) is 7.15. The summed E-state index contributed by atoms with van der Waals surface area (Å²) in [5, 5.41) is 10.3. The summed E-state index contributed by atoms with van der Waals surface area (Å²) in [7, 11) is 1.60. The molecule has 20 heavy (non-hydrogen) atoms. The molecule has 0 aliphatic rings. The van der Waals surface area contributed by atoms with Gasteiger partial charge in [0, 0.05) is 24.7 Å². The first kappa shape index (κ1) is 17.1. The molecule has 1 rings (SSSR count). The van der Waals surface area contributed by atoms with Crippen LogP contribution in [0.1, 0.15) is 18.6 Å². The van der Waals surface area contributed by atoms with Gasteiger partial charge in [-0.15, -0.1) is 0 Å². The number of aliphatic hydroxyl groups is 1. The smallest absolute Gasteiger partial charge is 0.234 e. The number of carbonyl (C=O) groups is 1. The normalized spacial score (nSPS) is 14.2. The number of nitrogens with zero attached hydrogens (tertiary/aromatic N) is 1. The summed E-state index contributed by atoms with van der Waals surface area (Å²) >= 11 is 3.35. The fourth-order valence-corrected chi connectivity index (χ4v) is 2.11. The molecule has 0 fully saturated rings. The van der Waals surface area contributed by atoms with Crippen molar-refractivity contribution in [2.24, 2.45) is 5.73 Å². The summed E-state index contributed by atoms with van der Waals surface area (Å²) < 4.78 is 5.98. The second-order valence-electron chi connectivity index (χ2n) is 4.63. The maximum Gasteiger partial charge on any atom is 0.234 e. The Morgan fingerprint density at radius 3 is 2.55 bits per heavy atom. The van der Waals surface area contributed by atoms with E-state index in [9.17, 15) is 9.90 Å². The van der Waals surface area contributed by atoms with E-state index in [-0.39, 0.29) is 0 Å². The Bertz CT molecular complexity index is 425. The predicted molar refractivity (Wildman–Crippen MR) is 81.2 cm³/mol. The molecule has 2 atom stereocenters. The highest BCUT2D eigenvalue weighted by Crippen LogP contribution is 2.18. The van der Waals surface area contributed by atoms with E-state index < -0.39 is 18.1 Å². The Morgan fingerprint density at radius 1 is 1.45 bits per heavy atom. The number of amides is 1. The highest BCUT2D eigenvalue weighted by Gasteiger charge is 2.22. The molecule has 0 saturated heterocycles. The van der Waals surface area contributed by atoms with Crippen molar-refractivity contribution in [1.29, 1.82) is 0 Å². The van der Waals surface area contributed by atoms with Gasteiger partial charge in [-0.3, -0.25) is 9.69 Å². The first-order chi connectivity index (χ1) is 9.45. The number of halogens is 1. The van der Waals surface area contributed by atoms with E-state index in [1.807, 2.05) is 29.2 Å². The summed E-state index contributed by atoms with van der Waals surface area (Å²) in [5.74, 6) is -0.413. The third-order valence-electron chi connectivity index (χ3n) is 3.20. The molecule has 0 spiro atoms. The molecule has 1 amide bonds. The van der Waals surface area contributed by atoms with Gasteiger partial charge in [-0.2, -0.15) is 0 Å². The molecule has 2 unspecified atom stereocenters. The molecule has 0 saturated carbocycles. The Balaban J connectivity index is 2.72. The van der Waals surface area contributed by atoms with Crippen molar-refractivity contribution in [3.8, 4) is 0 Å². The van der Waals surface area contributed by atoms with E-state index in [4.69, 9.17) is 10.5 Å². The van der Waals surface area contributed by atoms with Gasteiger partial charge in [-0.05, 0) is 24.6 Å². The number of ether oxygens (including phenoxy) is 1. The lowest BCUT2D eigenvalue weighted by molar-refractivity contribution is -0.123. The Hall–Kier alpha value is -0.950. The number of rotatable bonds is 8. The molecule has 1 aromatic rings. The Labute approximate surface area is 127 Å². The van der Waals surface area contributed by atoms with Gasteiger partial charge in [0.15, 0.2) is 0 Å². The van der Waals surface area contributed by atoms with Crippen molar-refractivity contribution in [3.05, 3.63) is 34.3 Å². The first-order valence-electron chi connectivity index (χ1n) is 6.41. The van der Waals surface area contributed by atoms with Gasteiger partial charge < -0.3 is 15.6 Å². The lowest BCUT2D eigenvalue weighted by Gasteiger charge is -2.28. The van der Waals surface area contributed by atoms with Gasteiger partial charge in [0.05, 0.1) is 18.8 Å². The minimum absolute atomic E-state index is 0.328. The van der Waals surface area contributed by atoms with Gasteiger partial charge in [0.25, 0.3) is 0 Å². The standard InChI is InChI=1S/C14H21BrN2O3/c1-10(14(16)19)17(7-8-20-2)9-13(18)11-3-5-12(15)6-4-11/h3-6,10,13,18H,7-9H2,1-2H3,(H2,16,19). The zero-order valence-electron chi connectivity index (χ0n) is 11.8. The molecule has 0 aliphatic heterocycles. The number of benzene rings is 1. The third kappa shape index (κ3) is 5.20. The van der Waals surface area contributed by atoms with Crippen LogP contribution in [0, 0.1) is 0 Å². The van der Waals surface area contributed by atoms with E-state index in [0.717, 1.165) is 10.0 Å². The molecule has 0 bridgehead atoms. The van der Waals surface area contributed by atoms with E-state index in [2.05, 4.69) is 15.9 Å². The fourth-order valence-electron chi connectivity index (χ4n) is 1.84. The zero-order chi connectivity index (χ0) is 15.1. The number of nitrogens with two attached hydrogens (primary N) is 1. The molecule has 6 heteroatoms. The summed E-state index contributed by atoms with van der Waals surface area (Å²) in [4.78, 5) is 13.1. The second kappa shape index (κ2) is 8.36. The number of methoxy groups -OCH3 is 1. The van der Waals surface area contributed by atoms with Crippen LogP contribution in [-0.2, 0) is 9.53 Å². The van der Waals surface area contributed by atoms with Crippen molar-refractivity contribution in [2.45, 2.75) is 19.1 Å². The van der Waals surface area contributed by atoms with Gasteiger partial charge >= 0.3 is 0 Å². The summed E-state index contributed by atoms with van der Waals surface area (Å²) in [6, 6.07) is 6.98. The number of aliphatic hydroxyl groups excluding tert-OH is 1. The maximum atomic E-state index is 11.3. The van der Waals surface area contributed by atoms with E-state index >= 15 is 0 Å². The van der Waals surface area contributed by atoms with Crippen molar-refractivity contribution >= 4 is 21.8 Å². The first-order valence-corrected chi connectivity index (χ1v) is 7.20. The largest absolute Gasteiger partial charge is 0.387 e. The van der Waals surface area contributed by atoms with Crippen LogP contribution in [0.5, 0.6) is 0 Å². The average Bonchev–Trinajstić information content (AvgIpc) is 2.43. The molecular weight excluding hydrogens is 324 g/mol. The molecule has 0 aliphatic carbocycles. The monoisotopic (exact) mass is 344 g/mol. The lowest BCUT2D eigenvalue weighted by Crippen LogP contribution is -2.45. The third-order valence-corrected chi connectivity index (χ3v) is 3.73. The van der Waals surface area contributed by atoms with E-state index in [0.29, 0.717) is 19.7 Å². The van der Waals surface area contributed by atoms with Crippen LogP contribution < -0.4 is 5.73 Å². The SMILES string of the molecule is COCCN(CC(O)c1ccc(Br)cc1)C(C)C(N)=O. The molecule has 112 valence electrons. The topological polar surface area (TPSA) is 75.8 Å². The Morgan fingerprint density at radius 2 is 2.05 bits per heavy atom. The molecule has 0 heterocycles. The summed E-state index contributed by atoms with van der Waals surface area (Å²) in [5.41, 5.74) is 6.13. The number of primary amides is 1. The minimum Gasteiger partial charge on any atom is -0.387 e. The number of hydrogen-bond donors (Lipinski definition) is 2. The number of hydrogen-bond acceptors (Lipinski definition) is 4. The van der Waals surface area contributed by atoms with Gasteiger partial charge in [-0.1, -0.05) is 28.1 Å². The summed E-state index contributed by atoms with van der Waals surface area (Å²) in [6.45, 7) is 3.07. The number of carbonyl (C=O) groups excluding carboxylic acids is 1. The van der Waals surface area contributed by atoms with Crippen molar-refractivity contribution in [3.63, 3.8) is 0 Å². The summed E-state index contributed by atoms with van der Waals surface area (Å²) in [6.07, 6.45) is -0.679. The maximum absolute atomic E-state index is 11.3. The highest BCUT2D eigenvalue weighted by atomic mass is 79.9. The minimum atomic E-state index is -0.679. The van der Waals surface area contributed by atoms with Crippen molar-refractivity contribution in [1.82, 2.24) is 4.90 Å². The molecule has 5 nitrogen and oxygen atoms in total. The quantitative estimate of drug-likeness (QED) is 0.745. The van der Waals surface area contributed by atoms with Crippen molar-refractivity contribution < 1.29 is 14.6 Å². The fraction of sp³-hybridized carbons (Fsp3) is 0.500. The molecule has 3 N–H and O–H groups in total. The molecule has 0 radical (unpaired) electrons. The van der Waals surface area contributed by atoms with Crippen LogP contribution >= 0.6 is 15.9 Å².